The van der Waals surface area contributed by atoms with Gasteiger partial charge in [0.05, 0.1) is 11.7 Å². The maximum atomic E-state index is 6.36. The zero-order valence-corrected chi connectivity index (χ0v) is 14.0. The van der Waals surface area contributed by atoms with Crippen molar-refractivity contribution in [3.8, 4) is 0 Å². The largest absolute Gasteiger partial charge is 0.324 e. The fraction of sp³-hybridized carbons (Fsp3) is 0.471. The van der Waals surface area contributed by atoms with Gasteiger partial charge in [0.2, 0.25) is 0 Å². The van der Waals surface area contributed by atoms with Gasteiger partial charge in [-0.25, -0.2) is 0 Å². The van der Waals surface area contributed by atoms with Crippen molar-refractivity contribution in [2.45, 2.75) is 51.1 Å². The van der Waals surface area contributed by atoms with Crippen molar-refractivity contribution in [2.24, 2.45) is 5.73 Å². The number of aryl methyl sites for hydroxylation is 1. The van der Waals surface area contributed by atoms with E-state index in [2.05, 4.69) is 58.0 Å². The third kappa shape index (κ3) is 3.38. The lowest BCUT2D eigenvalue weighted by Gasteiger charge is -2.13. The highest BCUT2D eigenvalue weighted by Gasteiger charge is 2.18. The van der Waals surface area contributed by atoms with E-state index >= 15 is 0 Å². The van der Waals surface area contributed by atoms with E-state index < -0.39 is 0 Å². The van der Waals surface area contributed by atoms with Gasteiger partial charge in [-0.1, -0.05) is 40.9 Å². The molecule has 21 heavy (non-hydrogen) atoms. The second-order valence-corrected chi connectivity index (χ2v) is 6.92. The molecule has 1 unspecified atom stereocenters. The van der Waals surface area contributed by atoms with Gasteiger partial charge >= 0.3 is 0 Å². The van der Waals surface area contributed by atoms with Gasteiger partial charge in [0, 0.05) is 23.1 Å². The molecule has 1 fully saturated rings. The number of nitrogens with two attached hydrogens (primary N) is 1. The predicted octanol–water partition coefficient (Wildman–Crippen LogP) is 4.31. The predicted molar refractivity (Wildman–Crippen MR) is 89.2 cm³/mol. The first kappa shape index (κ1) is 14.8. The Balaban J connectivity index is 1.70. The molecule has 1 aromatic heterocycles. The molecule has 0 bridgehead atoms. The second kappa shape index (κ2) is 6.32. The summed E-state index contributed by atoms with van der Waals surface area (Å²) in [7, 11) is 0. The van der Waals surface area contributed by atoms with Crippen LogP contribution in [0.5, 0.6) is 0 Å². The molecule has 112 valence electrons. The third-order valence-electron chi connectivity index (χ3n) is 4.35. The summed E-state index contributed by atoms with van der Waals surface area (Å²) in [4.78, 5) is 0. The molecule has 3 rings (SSSR count). The molecule has 1 saturated carbocycles. The van der Waals surface area contributed by atoms with Gasteiger partial charge in [-0.05, 0) is 43.0 Å². The Hall–Kier alpha value is -1.13. The van der Waals surface area contributed by atoms with Crippen LogP contribution >= 0.6 is 15.9 Å². The summed E-state index contributed by atoms with van der Waals surface area (Å²) < 4.78 is 3.23. The quantitative estimate of drug-likeness (QED) is 0.895. The van der Waals surface area contributed by atoms with E-state index in [0.29, 0.717) is 6.04 Å². The van der Waals surface area contributed by atoms with Crippen molar-refractivity contribution in [3.63, 3.8) is 0 Å². The van der Waals surface area contributed by atoms with Crippen molar-refractivity contribution in [1.82, 2.24) is 9.78 Å². The minimum absolute atomic E-state index is 0.0214. The van der Waals surface area contributed by atoms with Crippen molar-refractivity contribution in [1.29, 1.82) is 0 Å². The van der Waals surface area contributed by atoms with Crippen molar-refractivity contribution in [3.05, 3.63) is 51.8 Å². The van der Waals surface area contributed by atoms with Gasteiger partial charge in [0.15, 0.2) is 0 Å². The summed E-state index contributed by atoms with van der Waals surface area (Å²) in [6, 6.07) is 9.02. The fourth-order valence-corrected chi connectivity index (χ4v) is 3.91. The van der Waals surface area contributed by atoms with Gasteiger partial charge in [0.1, 0.15) is 0 Å². The molecular formula is C17H22BrN3. The van der Waals surface area contributed by atoms with Crippen LogP contribution in [0, 0.1) is 6.92 Å². The van der Waals surface area contributed by atoms with E-state index in [9.17, 15) is 0 Å². The molecule has 0 radical (unpaired) electrons. The molecule has 0 saturated heterocycles. The van der Waals surface area contributed by atoms with Crippen LogP contribution in [-0.2, 0) is 6.42 Å². The number of hydrogen-bond acceptors (Lipinski definition) is 2. The summed E-state index contributed by atoms with van der Waals surface area (Å²) in [5.74, 6) is 0. The van der Waals surface area contributed by atoms with Crippen molar-refractivity contribution >= 4 is 15.9 Å². The van der Waals surface area contributed by atoms with Crippen LogP contribution in [0.25, 0.3) is 0 Å². The first-order valence-corrected chi connectivity index (χ1v) is 8.48. The molecule has 2 aromatic rings. The van der Waals surface area contributed by atoms with E-state index in [0.717, 1.165) is 22.2 Å². The molecule has 0 aliphatic heterocycles. The highest BCUT2D eigenvalue weighted by atomic mass is 79.9. The average molecular weight is 348 g/mol. The van der Waals surface area contributed by atoms with Gasteiger partial charge in [0.25, 0.3) is 0 Å². The molecule has 1 atom stereocenters. The topological polar surface area (TPSA) is 43.8 Å². The minimum atomic E-state index is -0.0214. The van der Waals surface area contributed by atoms with E-state index in [4.69, 9.17) is 10.8 Å². The molecule has 3 nitrogen and oxygen atoms in total. The van der Waals surface area contributed by atoms with E-state index in [1.807, 2.05) is 0 Å². The zero-order chi connectivity index (χ0) is 14.8. The maximum absolute atomic E-state index is 6.36. The lowest BCUT2D eigenvalue weighted by molar-refractivity contribution is 0.461. The Kier molecular flexibility index (Phi) is 4.45. The van der Waals surface area contributed by atoms with E-state index in [1.165, 1.54) is 31.2 Å². The molecule has 1 aliphatic rings. The molecule has 2 N–H and O–H groups in total. The van der Waals surface area contributed by atoms with Crippen LogP contribution in [-0.4, -0.2) is 9.78 Å². The standard InChI is InChI=1S/C17H22BrN3/c1-12-6-7-15(16(18)10-12)17(19)11-13-8-9-21(20-13)14-4-2-3-5-14/h6-10,14,17H,2-5,11,19H2,1H3. The van der Waals surface area contributed by atoms with E-state index in [-0.39, 0.29) is 6.04 Å². The molecule has 4 heteroatoms. The number of rotatable bonds is 4. The highest BCUT2D eigenvalue weighted by molar-refractivity contribution is 9.10. The first-order valence-electron chi connectivity index (χ1n) is 7.69. The summed E-state index contributed by atoms with van der Waals surface area (Å²) in [5, 5.41) is 4.73. The summed E-state index contributed by atoms with van der Waals surface area (Å²) in [6.07, 6.45) is 8.07. The van der Waals surface area contributed by atoms with Gasteiger partial charge in [-0.3, -0.25) is 4.68 Å². The normalized spacial score (nSPS) is 17.3. The zero-order valence-electron chi connectivity index (χ0n) is 12.4. The molecule has 0 spiro atoms. The number of aromatic nitrogens is 2. The van der Waals surface area contributed by atoms with Crippen LogP contribution < -0.4 is 5.73 Å². The number of benzene rings is 1. The number of hydrogen-bond donors (Lipinski definition) is 1. The summed E-state index contributed by atoms with van der Waals surface area (Å²) in [6.45, 7) is 2.09. The number of halogens is 1. The average Bonchev–Trinajstić information content (AvgIpc) is 3.08. The molecule has 1 aromatic carbocycles. The second-order valence-electron chi connectivity index (χ2n) is 6.06. The Labute approximate surface area is 134 Å². The monoisotopic (exact) mass is 347 g/mol. The maximum Gasteiger partial charge on any atom is 0.0643 e. The Morgan fingerprint density at radius 3 is 2.81 bits per heavy atom. The summed E-state index contributed by atoms with van der Waals surface area (Å²) in [5.41, 5.74) is 9.83. The van der Waals surface area contributed by atoms with Crippen LogP contribution in [0.2, 0.25) is 0 Å². The first-order chi connectivity index (χ1) is 10.1. The van der Waals surface area contributed by atoms with Crippen LogP contribution in [0.1, 0.15) is 54.6 Å². The Morgan fingerprint density at radius 1 is 1.33 bits per heavy atom. The fourth-order valence-electron chi connectivity index (χ4n) is 3.13. The molecule has 0 amide bonds. The lowest BCUT2D eigenvalue weighted by atomic mass is 10.0. The SMILES string of the molecule is Cc1ccc(C(N)Cc2ccn(C3CCCC3)n2)c(Br)c1. The van der Waals surface area contributed by atoms with Crippen molar-refractivity contribution in [2.75, 3.05) is 0 Å². The smallest absolute Gasteiger partial charge is 0.0643 e. The number of nitrogens with zero attached hydrogens (tertiary/aromatic N) is 2. The molecular weight excluding hydrogens is 326 g/mol. The molecule has 1 heterocycles. The lowest BCUT2D eigenvalue weighted by Crippen LogP contribution is -2.15. The van der Waals surface area contributed by atoms with Crippen LogP contribution in [0.15, 0.2) is 34.9 Å². The van der Waals surface area contributed by atoms with Crippen molar-refractivity contribution < 1.29 is 0 Å². The Bertz CT molecular complexity index is 614. The minimum Gasteiger partial charge on any atom is -0.324 e. The highest BCUT2D eigenvalue weighted by Crippen LogP contribution is 2.29. The summed E-state index contributed by atoms with van der Waals surface area (Å²) >= 11 is 3.61. The third-order valence-corrected chi connectivity index (χ3v) is 5.03. The van der Waals surface area contributed by atoms with Gasteiger partial charge < -0.3 is 5.73 Å². The molecule has 1 aliphatic carbocycles. The van der Waals surface area contributed by atoms with Crippen LogP contribution in [0.3, 0.4) is 0 Å². The van der Waals surface area contributed by atoms with E-state index in [1.54, 1.807) is 0 Å². The van der Waals surface area contributed by atoms with Gasteiger partial charge in [-0.2, -0.15) is 5.10 Å². The Morgan fingerprint density at radius 2 is 2.10 bits per heavy atom. The van der Waals surface area contributed by atoms with Gasteiger partial charge in [-0.15, -0.1) is 0 Å². The van der Waals surface area contributed by atoms with Crippen LogP contribution in [0.4, 0.5) is 0 Å².